The third-order valence-electron chi connectivity index (χ3n) is 2.65. The van der Waals surface area contributed by atoms with Crippen LogP contribution in [0.3, 0.4) is 0 Å². The molecule has 0 amide bonds. The van der Waals surface area contributed by atoms with E-state index in [4.69, 9.17) is 0 Å². The van der Waals surface area contributed by atoms with Gasteiger partial charge in [0.25, 0.3) is 0 Å². The first-order chi connectivity index (χ1) is 8.42. The van der Waals surface area contributed by atoms with Gasteiger partial charge < -0.3 is 5.32 Å². The van der Waals surface area contributed by atoms with Crippen LogP contribution >= 0.6 is 0 Å². The maximum absolute atomic E-state index is 4.47. The van der Waals surface area contributed by atoms with Gasteiger partial charge in [-0.3, -0.25) is 4.98 Å². The zero-order chi connectivity index (χ0) is 11.5. The Morgan fingerprint density at radius 3 is 2.88 bits per heavy atom. The van der Waals surface area contributed by atoms with Crippen molar-refractivity contribution in [1.29, 1.82) is 0 Å². The topological polar surface area (TPSA) is 63.6 Å². The second kappa shape index (κ2) is 4.55. The summed E-state index contributed by atoms with van der Waals surface area (Å²) in [4.78, 5) is 16.9. The van der Waals surface area contributed by atoms with Crippen LogP contribution < -0.4 is 5.32 Å². The standard InChI is InChI=1S/C12H13N5/c1-2-9(1)16-7-10-3-4-15-12(17-10)11-8-13-5-6-14-11/h3-6,8-9,16H,1-2,7H2. The molecule has 2 aromatic heterocycles. The number of hydrogen-bond donors (Lipinski definition) is 1. The Hall–Kier alpha value is -1.88. The lowest BCUT2D eigenvalue weighted by atomic mass is 10.3. The van der Waals surface area contributed by atoms with Crippen molar-refractivity contribution in [2.75, 3.05) is 0 Å². The van der Waals surface area contributed by atoms with E-state index in [-0.39, 0.29) is 0 Å². The molecule has 0 bridgehead atoms. The smallest absolute Gasteiger partial charge is 0.180 e. The van der Waals surface area contributed by atoms with Crippen molar-refractivity contribution in [1.82, 2.24) is 25.3 Å². The van der Waals surface area contributed by atoms with Crippen molar-refractivity contribution in [3.8, 4) is 11.5 Å². The molecule has 0 aliphatic heterocycles. The number of aromatic nitrogens is 4. The van der Waals surface area contributed by atoms with Gasteiger partial charge in [0, 0.05) is 31.2 Å². The van der Waals surface area contributed by atoms with E-state index in [1.807, 2.05) is 6.07 Å². The fraction of sp³-hybridized carbons (Fsp3) is 0.333. The van der Waals surface area contributed by atoms with Crippen molar-refractivity contribution in [2.45, 2.75) is 25.4 Å². The molecule has 0 atom stereocenters. The van der Waals surface area contributed by atoms with E-state index in [9.17, 15) is 0 Å². The first-order valence-electron chi connectivity index (χ1n) is 5.73. The normalized spacial score (nSPS) is 14.8. The van der Waals surface area contributed by atoms with Crippen LogP contribution in [0.4, 0.5) is 0 Å². The van der Waals surface area contributed by atoms with Gasteiger partial charge in [0.2, 0.25) is 0 Å². The van der Waals surface area contributed by atoms with Gasteiger partial charge in [0.15, 0.2) is 5.82 Å². The molecule has 2 heterocycles. The molecule has 5 heteroatoms. The molecule has 5 nitrogen and oxygen atoms in total. The molecule has 0 unspecified atom stereocenters. The number of hydrogen-bond acceptors (Lipinski definition) is 5. The van der Waals surface area contributed by atoms with E-state index < -0.39 is 0 Å². The van der Waals surface area contributed by atoms with Gasteiger partial charge >= 0.3 is 0 Å². The maximum atomic E-state index is 4.47. The molecule has 1 N–H and O–H groups in total. The molecule has 0 aromatic carbocycles. The Kier molecular flexibility index (Phi) is 2.75. The lowest BCUT2D eigenvalue weighted by molar-refractivity contribution is 0.673. The summed E-state index contributed by atoms with van der Waals surface area (Å²) >= 11 is 0. The van der Waals surface area contributed by atoms with Gasteiger partial charge in [-0.25, -0.2) is 15.0 Å². The minimum absolute atomic E-state index is 0.633. The van der Waals surface area contributed by atoms with Crippen LogP contribution in [0.5, 0.6) is 0 Å². The first-order valence-corrected chi connectivity index (χ1v) is 5.73. The third kappa shape index (κ3) is 2.62. The van der Waals surface area contributed by atoms with E-state index in [2.05, 4.69) is 25.3 Å². The predicted molar refractivity (Wildman–Crippen MR) is 62.9 cm³/mol. The lowest BCUT2D eigenvalue weighted by Crippen LogP contribution is -2.16. The molecule has 3 rings (SSSR count). The minimum atomic E-state index is 0.633. The van der Waals surface area contributed by atoms with Gasteiger partial charge in [0.1, 0.15) is 5.69 Å². The Balaban J connectivity index is 1.78. The summed E-state index contributed by atoms with van der Waals surface area (Å²) in [5.41, 5.74) is 1.70. The zero-order valence-corrected chi connectivity index (χ0v) is 9.37. The van der Waals surface area contributed by atoms with Crippen LogP contribution in [0, 0.1) is 0 Å². The average Bonchev–Trinajstić information content (AvgIpc) is 3.22. The molecular formula is C12H13N5. The predicted octanol–water partition coefficient (Wildman–Crippen LogP) is 1.19. The summed E-state index contributed by atoms with van der Waals surface area (Å²) < 4.78 is 0. The zero-order valence-electron chi connectivity index (χ0n) is 9.37. The molecule has 0 radical (unpaired) electrons. The highest BCUT2D eigenvalue weighted by atomic mass is 15.0. The Morgan fingerprint density at radius 1 is 1.18 bits per heavy atom. The Morgan fingerprint density at radius 2 is 2.12 bits per heavy atom. The molecule has 0 saturated heterocycles. The second-order valence-electron chi connectivity index (χ2n) is 4.12. The molecule has 2 aromatic rings. The first kappa shape index (κ1) is 10.3. The summed E-state index contributed by atoms with van der Waals surface area (Å²) in [5, 5.41) is 3.43. The quantitative estimate of drug-likeness (QED) is 0.849. The summed E-state index contributed by atoms with van der Waals surface area (Å²) in [6, 6.07) is 2.61. The van der Waals surface area contributed by atoms with Gasteiger partial charge in [-0.05, 0) is 18.9 Å². The molecule has 1 saturated carbocycles. The molecular weight excluding hydrogens is 214 g/mol. The van der Waals surface area contributed by atoms with Crippen LogP contribution in [0.2, 0.25) is 0 Å². The highest BCUT2D eigenvalue weighted by molar-refractivity contribution is 5.46. The van der Waals surface area contributed by atoms with Crippen LogP contribution in [0.25, 0.3) is 11.5 Å². The van der Waals surface area contributed by atoms with Crippen molar-refractivity contribution in [3.63, 3.8) is 0 Å². The summed E-state index contributed by atoms with van der Waals surface area (Å²) in [6.45, 7) is 0.792. The van der Waals surface area contributed by atoms with Gasteiger partial charge in [-0.15, -0.1) is 0 Å². The fourth-order valence-corrected chi connectivity index (χ4v) is 1.57. The maximum Gasteiger partial charge on any atom is 0.180 e. The van der Waals surface area contributed by atoms with E-state index in [0.717, 1.165) is 12.2 Å². The van der Waals surface area contributed by atoms with E-state index in [1.54, 1.807) is 24.8 Å². The average molecular weight is 227 g/mol. The van der Waals surface area contributed by atoms with Gasteiger partial charge in [0.05, 0.1) is 11.9 Å². The van der Waals surface area contributed by atoms with E-state index in [1.165, 1.54) is 12.8 Å². The SMILES string of the molecule is c1cnc(-c2nccc(CNC3CC3)n2)cn1. The minimum Gasteiger partial charge on any atom is -0.308 e. The van der Waals surface area contributed by atoms with Crippen molar-refractivity contribution in [3.05, 3.63) is 36.5 Å². The molecule has 1 aliphatic rings. The number of nitrogens with zero attached hydrogens (tertiary/aromatic N) is 4. The van der Waals surface area contributed by atoms with Crippen LogP contribution in [-0.2, 0) is 6.54 Å². The van der Waals surface area contributed by atoms with Crippen LogP contribution in [0.1, 0.15) is 18.5 Å². The molecule has 86 valence electrons. The lowest BCUT2D eigenvalue weighted by Gasteiger charge is -2.03. The van der Waals surface area contributed by atoms with Crippen molar-refractivity contribution >= 4 is 0 Å². The summed E-state index contributed by atoms with van der Waals surface area (Å²) in [7, 11) is 0. The van der Waals surface area contributed by atoms with E-state index in [0.29, 0.717) is 17.6 Å². The molecule has 1 aliphatic carbocycles. The summed E-state index contributed by atoms with van der Waals surface area (Å²) in [6.07, 6.45) is 9.29. The van der Waals surface area contributed by atoms with Crippen molar-refractivity contribution < 1.29 is 0 Å². The fourth-order valence-electron chi connectivity index (χ4n) is 1.57. The number of rotatable bonds is 4. The molecule has 0 spiro atoms. The largest absolute Gasteiger partial charge is 0.308 e. The van der Waals surface area contributed by atoms with Gasteiger partial charge in [-0.1, -0.05) is 0 Å². The van der Waals surface area contributed by atoms with Gasteiger partial charge in [-0.2, -0.15) is 0 Å². The second-order valence-corrected chi connectivity index (χ2v) is 4.12. The Bertz CT molecular complexity index is 495. The van der Waals surface area contributed by atoms with Crippen LogP contribution in [-0.4, -0.2) is 26.0 Å². The molecule has 17 heavy (non-hydrogen) atoms. The Labute approximate surface area is 99.4 Å². The highest BCUT2D eigenvalue weighted by Gasteiger charge is 2.20. The molecule has 1 fully saturated rings. The number of nitrogens with one attached hydrogen (secondary N) is 1. The van der Waals surface area contributed by atoms with E-state index >= 15 is 0 Å². The third-order valence-corrected chi connectivity index (χ3v) is 2.65. The monoisotopic (exact) mass is 227 g/mol. The summed E-state index contributed by atoms with van der Waals surface area (Å²) in [5.74, 6) is 0.633. The van der Waals surface area contributed by atoms with Crippen LogP contribution in [0.15, 0.2) is 30.9 Å². The van der Waals surface area contributed by atoms with Crippen molar-refractivity contribution in [2.24, 2.45) is 0 Å². The highest BCUT2D eigenvalue weighted by Crippen LogP contribution is 2.19.